The summed E-state index contributed by atoms with van der Waals surface area (Å²) >= 11 is 5.62. The molecule has 0 saturated carbocycles. The van der Waals surface area contributed by atoms with Gasteiger partial charge in [0.25, 0.3) is 5.91 Å². The summed E-state index contributed by atoms with van der Waals surface area (Å²) in [7, 11) is 0. The molecule has 0 aliphatic rings. The lowest BCUT2D eigenvalue weighted by Crippen LogP contribution is -2.13. The maximum absolute atomic E-state index is 11.8. The first-order valence-corrected chi connectivity index (χ1v) is 5.25. The standard InChI is InChI=1S/C11H9ClN4O/c1-7-6-8(2-4-13-7)10(17)15-9-3-5-14-11(12)16-9/h2-6H,1H3,(H,14,15,16,17). The molecule has 17 heavy (non-hydrogen) atoms. The van der Waals surface area contributed by atoms with Gasteiger partial charge in [0.1, 0.15) is 5.82 Å². The van der Waals surface area contributed by atoms with E-state index >= 15 is 0 Å². The molecule has 0 bridgehead atoms. The summed E-state index contributed by atoms with van der Waals surface area (Å²) in [6.45, 7) is 1.82. The van der Waals surface area contributed by atoms with Gasteiger partial charge in [0, 0.05) is 23.7 Å². The van der Waals surface area contributed by atoms with Gasteiger partial charge in [-0.2, -0.15) is 0 Å². The quantitative estimate of drug-likeness (QED) is 0.827. The summed E-state index contributed by atoms with van der Waals surface area (Å²) in [5.41, 5.74) is 1.30. The highest BCUT2D eigenvalue weighted by atomic mass is 35.5. The average Bonchev–Trinajstić information content (AvgIpc) is 2.29. The van der Waals surface area contributed by atoms with Crippen LogP contribution in [0.2, 0.25) is 5.28 Å². The van der Waals surface area contributed by atoms with Gasteiger partial charge in [0.05, 0.1) is 0 Å². The van der Waals surface area contributed by atoms with Crippen molar-refractivity contribution in [3.8, 4) is 0 Å². The Balaban J connectivity index is 2.17. The first kappa shape index (κ1) is 11.5. The predicted molar refractivity (Wildman–Crippen MR) is 64.0 cm³/mol. The van der Waals surface area contributed by atoms with Crippen LogP contribution in [0.1, 0.15) is 16.1 Å². The number of nitrogens with zero attached hydrogens (tertiary/aromatic N) is 3. The summed E-state index contributed by atoms with van der Waals surface area (Å²) in [4.78, 5) is 23.4. The van der Waals surface area contributed by atoms with E-state index in [9.17, 15) is 4.79 Å². The zero-order valence-corrected chi connectivity index (χ0v) is 9.77. The Morgan fingerprint density at radius 1 is 1.29 bits per heavy atom. The third-order valence-electron chi connectivity index (χ3n) is 2.03. The summed E-state index contributed by atoms with van der Waals surface area (Å²) in [6.07, 6.45) is 3.06. The Morgan fingerprint density at radius 3 is 2.76 bits per heavy atom. The van der Waals surface area contributed by atoms with Crippen LogP contribution in [0, 0.1) is 6.92 Å². The summed E-state index contributed by atoms with van der Waals surface area (Å²) in [6, 6.07) is 4.89. The lowest BCUT2D eigenvalue weighted by atomic mass is 10.2. The second kappa shape index (κ2) is 4.88. The molecule has 2 heterocycles. The van der Waals surface area contributed by atoms with Crippen molar-refractivity contribution < 1.29 is 4.79 Å². The van der Waals surface area contributed by atoms with E-state index in [-0.39, 0.29) is 11.2 Å². The highest BCUT2D eigenvalue weighted by Crippen LogP contribution is 2.08. The SMILES string of the molecule is Cc1cc(C(=O)Nc2ccnc(Cl)n2)ccn1. The molecule has 1 amide bonds. The average molecular weight is 249 g/mol. The van der Waals surface area contributed by atoms with E-state index in [2.05, 4.69) is 20.3 Å². The number of hydrogen-bond acceptors (Lipinski definition) is 4. The highest BCUT2D eigenvalue weighted by Gasteiger charge is 2.07. The zero-order valence-electron chi connectivity index (χ0n) is 9.01. The molecule has 5 nitrogen and oxygen atoms in total. The molecule has 0 aromatic carbocycles. The minimum atomic E-state index is -0.259. The van der Waals surface area contributed by atoms with E-state index in [0.29, 0.717) is 11.4 Å². The van der Waals surface area contributed by atoms with Gasteiger partial charge < -0.3 is 5.32 Å². The Labute approximate surface area is 103 Å². The number of halogens is 1. The van der Waals surface area contributed by atoms with E-state index in [1.807, 2.05) is 6.92 Å². The van der Waals surface area contributed by atoms with Crippen molar-refractivity contribution in [1.82, 2.24) is 15.0 Å². The molecule has 0 aliphatic heterocycles. The molecule has 1 N–H and O–H groups in total. The van der Waals surface area contributed by atoms with Gasteiger partial charge in [0.15, 0.2) is 0 Å². The van der Waals surface area contributed by atoms with Crippen LogP contribution in [0.3, 0.4) is 0 Å². The Hall–Kier alpha value is -2.01. The lowest BCUT2D eigenvalue weighted by Gasteiger charge is -2.04. The molecule has 86 valence electrons. The van der Waals surface area contributed by atoms with Crippen molar-refractivity contribution in [2.75, 3.05) is 5.32 Å². The minimum Gasteiger partial charge on any atom is -0.306 e. The number of aryl methyl sites for hydroxylation is 1. The van der Waals surface area contributed by atoms with Gasteiger partial charge in [-0.1, -0.05) is 0 Å². The molecular weight excluding hydrogens is 240 g/mol. The second-order valence-corrected chi connectivity index (χ2v) is 3.69. The predicted octanol–water partition coefficient (Wildman–Crippen LogP) is 2.09. The molecule has 2 aromatic rings. The van der Waals surface area contributed by atoms with Crippen LogP contribution in [0.25, 0.3) is 0 Å². The van der Waals surface area contributed by atoms with Crippen LogP contribution in [0.15, 0.2) is 30.6 Å². The first-order chi connectivity index (χ1) is 8.15. The van der Waals surface area contributed by atoms with Crippen LogP contribution < -0.4 is 5.32 Å². The van der Waals surface area contributed by atoms with Gasteiger partial charge >= 0.3 is 0 Å². The van der Waals surface area contributed by atoms with Gasteiger partial charge in [-0.25, -0.2) is 9.97 Å². The molecular formula is C11H9ClN4O. The Bertz CT molecular complexity index is 559. The molecule has 0 saturated heterocycles. The largest absolute Gasteiger partial charge is 0.306 e. The number of carbonyl (C=O) groups is 1. The molecule has 0 radical (unpaired) electrons. The van der Waals surface area contributed by atoms with Crippen molar-refractivity contribution >= 4 is 23.3 Å². The van der Waals surface area contributed by atoms with E-state index < -0.39 is 0 Å². The Morgan fingerprint density at radius 2 is 2.06 bits per heavy atom. The highest BCUT2D eigenvalue weighted by molar-refractivity contribution is 6.28. The maximum Gasteiger partial charge on any atom is 0.256 e. The van der Waals surface area contributed by atoms with Gasteiger partial charge in [-0.3, -0.25) is 9.78 Å². The number of hydrogen-bond donors (Lipinski definition) is 1. The smallest absolute Gasteiger partial charge is 0.256 e. The van der Waals surface area contributed by atoms with Crippen molar-refractivity contribution in [1.29, 1.82) is 0 Å². The van der Waals surface area contributed by atoms with Gasteiger partial charge in [-0.15, -0.1) is 0 Å². The van der Waals surface area contributed by atoms with Crippen molar-refractivity contribution in [3.05, 3.63) is 47.1 Å². The van der Waals surface area contributed by atoms with Crippen LogP contribution in [0.5, 0.6) is 0 Å². The number of anilines is 1. The molecule has 0 aliphatic carbocycles. The van der Waals surface area contributed by atoms with Crippen LogP contribution >= 0.6 is 11.6 Å². The van der Waals surface area contributed by atoms with E-state index in [1.165, 1.54) is 6.20 Å². The van der Waals surface area contributed by atoms with E-state index in [1.54, 1.807) is 24.4 Å². The van der Waals surface area contributed by atoms with Crippen molar-refractivity contribution in [2.45, 2.75) is 6.92 Å². The van der Waals surface area contributed by atoms with E-state index in [4.69, 9.17) is 11.6 Å². The molecule has 2 rings (SSSR count). The minimum absolute atomic E-state index is 0.0914. The molecule has 6 heteroatoms. The fourth-order valence-corrected chi connectivity index (χ4v) is 1.43. The zero-order chi connectivity index (χ0) is 12.3. The number of carbonyl (C=O) groups excluding carboxylic acids is 1. The third-order valence-corrected chi connectivity index (χ3v) is 2.21. The second-order valence-electron chi connectivity index (χ2n) is 3.35. The number of pyridine rings is 1. The fraction of sp³-hybridized carbons (Fsp3) is 0.0909. The van der Waals surface area contributed by atoms with Crippen LogP contribution in [-0.2, 0) is 0 Å². The summed E-state index contributed by atoms with van der Waals surface area (Å²) in [5.74, 6) is 0.106. The first-order valence-electron chi connectivity index (χ1n) is 4.88. The monoisotopic (exact) mass is 248 g/mol. The third kappa shape index (κ3) is 2.98. The molecule has 2 aromatic heterocycles. The van der Waals surface area contributed by atoms with Gasteiger partial charge in [0.2, 0.25) is 5.28 Å². The maximum atomic E-state index is 11.8. The lowest BCUT2D eigenvalue weighted by molar-refractivity contribution is 0.102. The fourth-order valence-electron chi connectivity index (χ4n) is 1.28. The molecule has 0 atom stereocenters. The molecule has 0 unspecified atom stereocenters. The normalized spacial score (nSPS) is 10.0. The van der Waals surface area contributed by atoms with Crippen LogP contribution in [-0.4, -0.2) is 20.9 Å². The number of nitrogens with one attached hydrogen (secondary N) is 1. The van der Waals surface area contributed by atoms with Crippen LogP contribution in [0.4, 0.5) is 5.82 Å². The van der Waals surface area contributed by atoms with Crippen molar-refractivity contribution in [3.63, 3.8) is 0 Å². The summed E-state index contributed by atoms with van der Waals surface area (Å²) in [5, 5.41) is 2.72. The summed E-state index contributed by atoms with van der Waals surface area (Å²) < 4.78 is 0. The number of aromatic nitrogens is 3. The molecule has 0 spiro atoms. The topological polar surface area (TPSA) is 67.8 Å². The van der Waals surface area contributed by atoms with E-state index in [0.717, 1.165) is 5.69 Å². The van der Waals surface area contributed by atoms with Gasteiger partial charge in [-0.05, 0) is 36.7 Å². The number of amides is 1. The molecule has 0 fully saturated rings. The Kier molecular flexibility index (Phi) is 3.30. The van der Waals surface area contributed by atoms with Crippen molar-refractivity contribution in [2.24, 2.45) is 0 Å². The number of rotatable bonds is 2.